The van der Waals surface area contributed by atoms with Crippen LogP contribution in [-0.2, 0) is 6.42 Å². The van der Waals surface area contributed by atoms with E-state index < -0.39 is 0 Å². The number of nitrogens with zero attached hydrogens (tertiary/aromatic N) is 2. The molecule has 2 rings (SSSR count). The van der Waals surface area contributed by atoms with Gasteiger partial charge in [0.1, 0.15) is 16.8 Å². The molecule has 0 atom stereocenters. The summed E-state index contributed by atoms with van der Waals surface area (Å²) in [5, 5.41) is 0.385. The number of aromatic nitrogens is 2. The van der Waals surface area contributed by atoms with E-state index in [9.17, 15) is 4.39 Å². The second-order valence-electron chi connectivity index (χ2n) is 3.76. The van der Waals surface area contributed by atoms with E-state index >= 15 is 0 Å². The number of hydrogen-bond donors (Lipinski definition) is 0. The fourth-order valence-corrected chi connectivity index (χ4v) is 1.85. The highest BCUT2D eigenvalue weighted by Gasteiger charge is 2.09. The molecule has 1 aromatic carbocycles. The van der Waals surface area contributed by atoms with Crippen LogP contribution in [0.15, 0.2) is 24.3 Å². The van der Waals surface area contributed by atoms with Gasteiger partial charge in [-0.15, -0.1) is 0 Å². The molecule has 2 nitrogen and oxygen atoms in total. The molecule has 0 saturated carbocycles. The first-order valence-electron chi connectivity index (χ1n) is 5.40. The van der Waals surface area contributed by atoms with E-state index in [2.05, 4.69) is 9.97 Å². The van der Waals surface area contributed by atoms with E-state index in [1.165, 1.54) is 6.07 Å². The number of halogens is 2. The van der Waals surface area contributed by atoms with Crippen molar-refractivity contribution in [1.82, 2.24) is 9.97 Å². The minimum atomic E-state index is -0.240. The number of rotatable bonds is 2. The molecule has 0 aliphatic rings. The molecule has 4 heteroatoms. The zero-order valence-electron chi connectivity index (χ0n) is 9.67. The van der Waals surface area contributed by atoms with Crippen LogP contribution in [0.5, 0.6) is 0 Å². The first-order chi connectivity index (χ1) is 8.11. The largest absolute Gasteiger partial charge is 0.233 e. The van der Waals surface area contributed by atoms with Crippen LogP contribution in [0.2, 0.25) is 5.15 Å². The van der Waals surface area contributed by atoms with Gasteiger partial charge in [0.05, 0.1) is 5.69 Å². The summed E-state index contributed by atoms with van der Waals surface area (Å²) in [7, 11) is 0. The van der Waals surface area contributed by atoms with Crippen molar-refractivity contribution >= 4 is 11.6 Å². The Morgan fingerprint density at radius 2 is 2.06 bits per heavy atom. The second kappa shape index (κ2) is 4.80. The Balaban J connectivity index is 2.60. The van der Waals surface area contributed by atoms with Gasteiger partial charge < -0.3 is 0 Å². The van der Waals surface area contributed by atoms with Crippen molar-refractivity contribution < 1.29 is 4.39 Å². The summed E-state index contributed by atoms with van der Waals surface area (Å²) in [5.74, 6) is 0.423. The third-order valence-electron chi connectivity index (χ3n) is 2.60. The van der Waals surface area contributed by atoms with Gasteiger partial charge >= 0.3 is 0 Å². The summed E-state index contributed by atoms with van der Waals surface area (Å²) in [4.78, 5) is 8.45. The zero-order chi connectivity index (χ0) is 12.4. The fraction of sp³-hybridized carbons (Fsp3) is 0.231. The molecule has 17 heavy (non-hydrogen) atoms. The molecular formula is C13H12ClFN2. The molecule has 0 aliphatic heterocycles. The molecule has 0 radical (unpaired) electrons. The lowest BCUT2D eigenvalue weighted by Gasteiger charge is -2.07. The Kier molecular flexibility index (Phi) is 3.38. The summed E-state index contributed by atoms with van der Waals surface area (Å²) in [6, 6.07) is 6.58. The lowest BCUT2D eigenvalue weighted by atomic mass is 10.1. The van der Waals surface area contributed by atoms with Crippen LogP contribution in [0.1, 0.15) is 18.3 Å². The Morgan fingerprint density at radius 1 is 1.29 bits per heavy atom. The van der Waals surface area contributed by atoms with Gasteiger partial charge in [-0.05, 0) is 18.6 Å². The molecule has 0 amide bonds. The average Bonchev–Trinajstić information content (AvgIpc) is 2.31. The third kappa shape index (κ3) is 2.44. The van der Waals surface area contributed by atoms with E-state index in [-0.39, 0.29) is 5.82 Å². The summed E-state index contributed by atoms with van der Waals surface area (Å²) in [6.07, 6.45) is 0.696. The molecule has 0 saturated heterocycles. The van der Waals surface area contributed by atoms with Crippen LogP contribution in [0, 0.1) is 12.7 Å². The van der Waals surface area contributed by atoms with E-state index in [1.807, 2.05) is 13.0 Å². The van der Waals surface area contributed by atoms with Gasteiger partial charge in [0.15, 0.2) is 0 Å². The van der Waals surface area contributed by atoms with Crippen LogP contribution in [-0.4, -0.2) is 9.97 Å². The summed E-state index contributed by atoms with van der Waals surface area (Å²) in [5.41, 5.74) is 1.99. The fourth-order valence-electron chi connectivity index (χ4n) is 1.65. The van der Waals surface area contributed by atoms with Crippen molar-refractivity contribution in [2.24, 2.45) is 0 Å². The quantitative estimate of drug-likeness (QED) is 0.758. The topological polar surface area (TPSA) is 25.8 Å². The summed E-state index contributed by atoms with van der Waals surface area (Å²) < 4.78 is 13.5. The van der Waals surface area contributed by atoms with Crippen molar-refractivity contribution in [3.8, 4) is 11.3 Å². The monoisotopic (exact) mass is 250 g/mol. The van der Waals surface area contributed by atoms with Crippen LogP contribution in [0.3, 0.4) is 0 Å². The molecule has 2 aromatic rings. The zero-order valence-corrected chi connectivity index (χ0v) is 10.4. The van der Waals surface area contributed by atoms with Gasteiger partial charge in [-0.2, -0.15) is 0 Å². The SMILES string of the molecule is CCc1nc(Cl)cc(-c2cccc(F)c2C)n1. The molecule has 0 aliphatic carbocycles. The van der Waals surface area contributed by atoms with E-state index in [0.717, 1.165) is 5.56 Å². The Morgan fingerprint density at radius 3 is 2.76 bits per heavy atom. The van der Waals surface area contributed by atoms with Gasteiger partial charge in [0.2, 0.25) is 0 Å². The molecule has 0 N–H and O–H groups in total. The van der Waals surface area contributed by atoms with Gasteiger partial charge in [0.25, 0.3) is 0 Å². The van der Waals surface area contributed by atoms with Crippen molar-refractivity contribution in [2.75, 3.05) is 0 Å². The van der Waals surface area contributed by atoms with Crippen molar-refractivity contribution in [3.63, 3.8) is 0 Å². The van der Waals surface area contributed by atoms with Crippen LogP contribution >= 0.6 is 11.6 Å². The maximum Gasteiger partial charge on any atom is 0.133 e. The van der Waals surface area contributed by atoms with Gasteiger partial charge in [-0.3, -0.25) is 0 Å². The first kappa shape index (κ1) is 12.0. The Labute approximate surface area is 104 Å². The third-order valence-corrected chi connectivity index (χ3v) is 2.79. The summed E-state index contributed by atoms with van der Waals surface area (Å²) in [6.45, 7) is 3.68. The predicted octanol–water partition coefficient (Wildman–Crippen LogP) is 3.81. The van der Waals surface area contributed by atoms with Crippen molar-refractivity contribution in [1.29, 1.82) is 0 Å². The normalized spacial score (nSPS) is 10.6. The number of aryl methyl sites for hydroxylation is 1. The second-order valence-corrected chi connectivity index (χ2v) is 4.15. The molecule has 1 heterocycles. The Hall–Kier alpha value is -1.48. The molecule has 0 fully saturated rings. The predicted molar refractivity (Wildman–Crippen MR) is 66.6 cm³/mol. The highest BCUT2D eigenvalue weighted by molar-refractivity contribution is 6.29. The molecule has 0 bridgehead atoms. The van der Waals surface area contributed by atoms with E-state index in [0.29, 0.717) is 28.7 Å². The molecular weight excluding hydrogens is 239 g/mol. The molecule has 0 spiro atoms. The number of hydrogen-bond acceptors (Lipinski definition) is 2. The molecule has 1 aromatic heterocycles. The number of benzene rings is 1. The van der Waals surface area contributed by atoms with E-state index in [4.69, 9.17) is 11.6 Å². The smallest absolute Gasteiger partial charge is 0.133 e. The van der Waals surface area contributed by atoms with Crippen LogP contribution in [0.25, 0.3) is 11.3 Å². The average molecular weight is 251 g/mol. The summed E-state index contributed by atoms with van der Waals surface area (Å²) >= 11 is 5.93. The first-order valence-corrected chi connectivity index (χ1v) is 5.78. The Bertz CT molecular complexity index is 555. The van der Waals surface area contributed by atoms with Crippen molar-refractivity contribution in [2.45, 2.75) is 20.3 Å². The lowest BCUT2D eigenvalue weighted by molar-refractivity contribution is 0.619. The minimum absolute atomic E-state index is 0.240. The van der Waals surface area contributed by atoms with Gasteiger partial charge in [0, 0.05) is 18.1 Å². The van der Waals surface area contributed by atoms with Gasteiger partial charge in [-0.1, -0.05) is 30.7 Å². The molecule has 88 valence electrons. The van der Waals surface area contributed by atoms with E-state index in [1.54, 1.807) is 19.1 Å². The highest BCUT2D eigenvalue weighted by Crippen LogP contribution is 2.25. The van der Waals surface area contributed by atoms with Gasteiger partial charge in [-0.25, -0.2) is 14.4 Å². The maximum atomic E-state index is 13.5. The van der Waals surface area contributed by atoms with Crippen LogP contribution in [0.4, 0.5) is 4.39 Å². The standard InChI is InChI=1S/C13H12ClFN2/c1-3-13-16-11(7-12(14)17-13)9-5-4-6-10(15)8(9)2/h4-7H,3H2,1-2H3. The maximum absolute atomic E-state index is 13.5. The highest BCUT2D eigenvalue weighted by atomic mass is 35.5. The van der Waals surface area contributed by atoms with Crippen LogP contribution < -0.4 is 0 Å². The molecule has 0 unspecified atom stereocenters. The lowest BCUT2D eigenvalue weighted by Crippen LogP contribution is -1.97. The minimum Gasteiger partial charge on any atom is -0.233 e. The van der Waals surface area contributed by atoms with Crippen molar-refractivity contribution in [3.05, 3.63) is 46.6 Å².